The third-order valence-corrected chi connectivity index (χ3v) is 3.25. The SMILES string of the molecule is Cc1csc(NN=Cc2cc(F)ccc2[B-](F)(F)F)n1. The predicted molar refractivity (Wildman–Crippen MR) is 73.2 cm³/mol. The number of nitrogens with one attached hydrogen (secondary N) is 1. The normalized spacial score (nSPS) is 12.1. The summed E-state index contributed by atoms with van der Waals surface area (Å²) in [6, 6.07) is 2.28. The topological polar surface area (TPSA) is 37.3 Å². The van der Waals surface area contributed by atoms with Crippen LogP contribution in [0.25, 0.3) is 0 Å². The van der Waals surface area contributed by atoms with Crippen LogP contribution in [0, 0.1) is 12.7 Å². The molecule has 0 unspecified atom stereocenters. The molecule has 0 bridgehead atoms. The Kier molecular flexibility index (Phi) is 4.08. The highest BCUT2D eigenvalue weighted by Crippen LogP contribution is 2.15. The first-order chi connectivity index (χ1) is 9.36. The molecule has 0 aliphatic carbocycles. The molecule has 0 saturated carbocycles. The number of hydrogen-bond acceptors (Lipinski definition) is 4. The fourth-order valence-electron chi connectivity index (χ4n) is 1.52. The molecule has 1 N–H and O–H groups in total. The summed E-state index contributed by atoms with van der Waals surface area (Å²) in [6.07, 6.45) is 0.935. The minimum absolute atomic E-state index is 0.321. The van der Waals surface area contributed by atoms with E-state index in [1.54, 1.807) is 12.3 Å². The minimum atomic E-state index is -5.22. The largest absolute Gasteiger partial charge is 0.510 e. The maximum Gasteiger partial charge on any atom is 0.510 e. The Balaban J connectivity index is 2.21. The van der Waals surface area contributed by atoms with Crippen LogP contribution >= 0.6 is 11.3 Å². The molecule has 0 spiro atoms. The van der Waals surface area contributed by atoms with E-state index in [4.69, 9.17) is 0 Å². The number of anilines is 1. The van der Waals surface area contributed by atoms with Gasteiger partial charge in [-0.25, -0.2) is 9.37 Å². The summed E-state index contributed by atoms with van der Waals surface area (Å²) in [6.45, 7) is -3.44. The van der Waals surface area contributed by atoms with Crippen LogP contribution in [0.15, 0.2) is 28.7 Å². The van der Waals surface area contributed by atoms with Gasteiger partial charge in [-0.3, -0.25) is 5.43 Å². The molecule has 1 aromatic carbocycles. The van der Waals surface area contributed by atoms with Gasteiger partial charge < -0.3 is 12.9 Å². The van der Waals surface area contributed by atoms with Gasteiger partial charge in [-0.2, -0.15) is 5.10 Å². The first-order valence-electron chi connectivity index (χ1n) is 5.57. The molecule has 0 atom stereocenters. The number of aryl methyl sites for hydroxylation is 1. The molecule has 0 fully saturated rings. The summed E-state index contributed by atoms with van der Waals surface area (Å²) >= 11 is 1.27. The number of thiazole rings is 1. The number of hydrogen-bond donors (Lipinski definition) is 1. The molecule has 9 heteroatoms. The van der Waals surface area contributed by atoms with Gasteiger partial charge in [0.2, 0.25) is 5.13 Å². The lowest BCUT2D eigenvalue weighted by atomic mass is 9.77. The number of halogens is 4. The average Bonchev–Trinajstić information content (AvgIpc) is 2.73. The smallest absolute Gasteiger partial charge is 0.445 e. The minimum Gasteiger partial charge on any atom is -0.445 e. The number of aromatic nitrogens is 1. The van der Waals surface area contributed by atoms with Crippen molar-refractivity contribution in [3.63, 3.8) is 0 Å². The van der Waals surface area contributed by atoms with E-state index in [1.165, 1.54) is 11.3 Å². The first kappa shape index (κ1) is 14.5. The molecule has 20 heavy (non-hydrogen) atoms. The predicted octanol–water partition coefficient (Wildman–Crippen LogP) is 3.09. The number of rotatable bonds is 4. The second kappa shape index (κ2) is 5.62. The maximum absolute atomic E-state index is 13.0. The van der Waals surface area contributed by atoms with E-state index in [0.717, 1.165) is 24.0 Å². The highest BCUT2D eigenvalue weighted by atomic mass is 32.1. The monoisotopic (exact) mass is 302 g/mol. The molecule has 0 aliphatic heterocycles. The summed E-state index contributed by atoms with van der Waals surface area (Å²) < 4.78 is 51.4. The zero-order valence-corrected chi connectivity index (χ0v) is 11.1. The molecule has 1 heterocycles. The molecule has 1 aromatic heterocycles. The highest BCUT2D eigenvalue weighted by molar-refractivity contribution is 7.13. The van der Waals surface area contributed by atoms with E-state index in [-0.39, 0.29) is 5.56 Å². The van der Waals surface area contributed by atoms with Gasteiger partial charge in [0.15, 0.2) is 0 Å². The maximum atomic E-state index is 13.0. The Bertz CT molecular complexity index is 639. The summed E-state index contributed by atoms with van der Waals surface area (Å²) in [7, 11) is 0. The van der Waals surface area contributed by atoms with Crippen molar-refractivity contribution >= 4 is 35.1 Å². The Morgan fingerprint density at radius 1 is 1.35 bits per heavy atom. The third kappa shape index (κ3) is 3.56. The number of nitrogens with zero attached hydrogens (tertiary/aromatic N) is 2. The standard InChI is InChI=1S/C11H9BF4N3S/c1-7-6-20-11(18-7)19-17-5-8-4-9(13)2-3-10(8)12(14,15)16/h2-6H,1H3,(H,18,19)/q-1. The summed E-state index contributed by atoms with van der Waals surface area (Å²) in [4.78, 5) is 4.03. The van der Waals surface area contributed by atoms with Crippen molar-refractivity contribution in [1.82, 2.24) is 4.98 Å². The lowest BCUT2D eigenvalue weighted by molar-refractivity contribution is 0.500. The second-order valence-corrected chi connectivity index (χ2v) is 4.87. The van der Waals surface area contributed by atoms with Gasteiger partial charge >= 0.3 is 6.98 Å². The Morgan fingerprint density at radius 2 is 2.10 bits per heavy atom. The summed E-state index contributed by atoms with van der Waals surface area (Å²) in [5.41, 5.74) is 2.08. The number of benzene rings is 1. The summed E-state index contributed by atoms with van der Waals surface area (Å²) in [5.74, 6) is -0.750. The van der Waals surface area contributed by atoms with Crippen LogP contribution in [-0.4, -0.2) is 18.2 Å². The molecule has 0 radical (unpaired) electrons. The Labute approximate surface area is 116 Å². The van der Waals surface area contributed by atoms with Gasteiger partial charge in [0.1, 0.15) is 5.82 Å². The first-order valence-corrected chi connectivity index (χ1v) is 6.45. The third-order valence-electron chi connectivity index (χ3n) is 2.38. The van der Waals surface area contributed by atoms with Crippen molar-refractivity contribution in [2.45, 2.75) is 6.92 Å². The van der Waals surface area contributed by atoms with Crippen molar-refractivity contribution in [2.24, 2.45) is 5.10 Å². The molecule has 3 nitrogen and oxygen atoms in total. The van der Waals surface area contributed by atoms with E-state index in [1.807, 2.05) is 0 Å². The van der Waals surface area contributed by atoms with E-state index in [2.05, 4.69) is 15.5 Å². The average molecular weight is 302 g/mol. The fourth-order valence-corrected chi connectivity index (χ4v) is 2.15. The zero-order valence-electron chi connectivity index (χ0n) is 10.3. The number of hydrazone groups is 1. The van der Waals surface area contributed by atoms with Crippen LogP contribution in [0.1, 0.15) is 11.3 Å². The zero-order chi connectivity index (χ0) is 14.8. The van der Waals surface area contributed by atoms with Crippen LogP contribution in [0.4, 0.5) is 22.5 Å². The molecule has 0 aliphatic rings. The molecule has 0 saturated heterocycles. The summed E-state index contributed by atoms with van der Waals surface area (Å²) in [5, 5.41) is 5.88. The Hall–Kier alpha value is -1.90. The lowest BCUT2D eigenvalue weighted by Crippen LogP contribution is -2.37. The van der Waals surface area contributed by atoms with Crippen LogP contribution in [-0.2, 0) is 0 Å². The molecule has 2 aromatic rings. The van der Waals surface area contributed by atoms with Gasteiger partial charge in [0, 0.05) is 5.38 Å². The van der Waals surface area contributed by atoms with E-state index in [0.29, 0.717) is 11.2 Å². The molecule has 2 rings (SSSR count). The van der Waals surface area contributed by atoms with Crippen molar-refractivity contribution < 1.29 is 17.3 Å². The fraction of sp³-hybridized carbons (Fsp3) is 0.0909. The van der Waals surface area contributed by atoms with Gasteiger partial charge in [-0.05, 0) is 24.6 Å². The van der Waals surface area contributed by atoms with Crippen LogP contribution in [0.5, 0.6) is 0 Å². The van der Waals surface area contributed by atoms with Crippen molar-refractivity contribution in [3.8, 4) is 0 Å². The van der Waals surface area contributed by atoms with Gasteiger partial charge in [0.05, 0.1) is 11.9 Å². The molecule has 0 amide bonds. The molecule has 106 valence electrons. The lowest BCUT2D eigenvalue weighted by Gasteiger charge is -2.17. The van der Waals surface area contributed by atoms with Gasteiger partial charge in [0.25, 0.3) is 0 Å². The van der Waals surface area contributed by atoms with Crippen molar-refractivity contribution in [3.05, 3.63) is 40.7 Å². The van der Waals surface area contributed by atoms with Crippen LogP contribution < -0.4 is 10.9 Å². The Morgan fingerprint density at radius 3 is 2.70 bits per heavy atom. The second-order valence-electron chi connectivity index (χ2n) is 4.01. The van der Waals surface area contributed by atoms with Gasteiger partial charge in [-0.15, -0.1) is 11.3 Å². The van der Waals surface area contributed by atoms with Gasteiger partial charge in [-0.1, -0.05) is 11.5 Å². The van der Waals surface area contributed by atoms with Crippen molar-refractivity contribution in [1.29, 1.82) is 0 Å². The highest BCUT2D eigenvalue weighted by Gasteiger charge is 2.27. The molecular formula is C11H9BF4N3S-. The van der Waals surface area contributed by atoms with E-state index < -0.39 is 18.3 Å². The van der Waals surface area contributed by atoms with E-state index >= 15 is 0 Å². The van der Waals surface area contributed by atoms with Crippen LogP contribution in [0.3, 0.4) is 0 Å². The van der Waals surface area contributed by atoms with Crippen LogP contribution in [0.2, 0.25) is 0 Å². The van der Waals surface area contributed by atoms with Crippen molar-refractivity contribution in [2.75, 3.05) is 5.43 Å². The van der Waals surface area contributed by atoms with E-state index in [9.17, 15) is 17.3 Å². The molecular weight excluding hydrogens is 293 g/mol. The quantitative estimate of drug-likeness (QED) is 0.408.